The summed E-state index contributed by atoms with van der Waals surface area (Å²) in [7, 11) is 0. The Bertz CT molecular complexity index is 544. The first-order chi connectivity index (χ1) is 10.0. The van der Waals surface area contributed by atoms with Crippen molar-refractivity contribution in [2.45, 2.75) is 38.6 Å². The molecule has 2 N–H and O–H groups in total. The number of nitro benzene ring substituents is 1. The smallest absolute Gasteiger partial charge is 0.273 e. The molecule has 1 saturated carbocycles. The van der Waals surface area contributed by atoms with Crippen molar-refractivity contribution < 1.29 is 14.8 Å². The molecule has 0 spiro atoms. The fourth-order valence-corrected chi connectivity index (χ4v) is 2.82. The monoisotopic (exact) mass is 292 g/mol. The Labute approximate surface area is 123 Å². The number of nitrogens with zero attached hydrogens (tertiary/aromatic N) is 1. The molecule has 1 aromatic rings. The lowest BCUT2D eigenvalue weighted by Gasteiger charge is -2.30. The van der Waals surface area contributed by atoms with Crippen molar-refractivity contribution in [3.05, 3.63) is 39.4 Å². The number of amides is 1. The third-order valence-electron chi connectivity index (χ3n) is 4.13. The van der Waals surface area contributed by atoms with E-state index in [0.29, 0.717) is 5.56 Å². The van der Waals surface area contributed by atoms with Crippen molar-refractivity contribution in [3.8, 4) is 0 Å². The first kappa shape index (κ1) is 15.4. The summed E-state index contributed by atoms with van der Waals surface area (Å²) < 4.78 is 0. The molecule has 0 saturated heterocycles. The summed E-state index contributed by atoms with van der Waals surface area (Å²) in [5.41, 5.74) is 0.766. The Morgan fingerprint density at radius 3 is 2.81 bits per heavy atom. The lowest BCUT2D eigenvalue weighted by atomic mass is 9.85. The first-order valence-corrected chi connectivity index (χ1v) is 7.19. The lowest BCUT2D eigenvalue weighted by molar-refractivity contribution is -0.385. The van der Waals surface area contributed by atoms with Gasteiger partial charge in [-0.3, -0.25) is 14.9 Å². The topological polar surface area (TPSA) is 92.5 Å². The summed E-state index contributed by atoms with van der Waals surface area (Å²) in [6, 6.07) is 4.42. The van der Waals surface area contributed by atoms with Crippen LogP contribution in [-0.2, 0) is 0 Å². The predicted molar refractivity (Wildman–Crippen MR) is 78.1 cm³/mol. The van der Waals surface area contributed by atoms with Gasteiger partial charge in [-0.1, -0.05) is 18.9 Å². The molecule has 0 aliphatic heterocycles. The minimum Gasteiger partial charge on any atom is -0.396 e. The van der Waals surface area contributed by atoms with Crippen LogP contribution in [-0.4, -0.2) is 28.6 Å². The molecule has 1 aromatic carbocycles. The highest BCUT2D eigenvalue weighted by Gasteiger charge is 2.26. The molecule has 114 valence electrons. The molecule has 2 rings (SSSR count). The van der Waals surface area contributed by atoms with Crippen LogP contribution in [0, 0.1) is 23.0 Å². The van der Waals surface area contributed by atoms with Crippen LogP contribution in [0.2, 0.25) is 0 Å². The maximum Gasteiger partial charge on any atom is 0.273 e. The lowest BCUT2D eigenvalue weighted by Crippen LogP contribution is -2.43. The molecule has 0 radical (unpaired) electrons. The van der Waals surface area contributed by atoms with Crippen molar-refractivity contribution in [2.75, 3.05) is 6.61 Å². The summed E-state index contributed by atoms with van der Waals surface area (Å²) in [4.78, 5) is 22.7. The van der Waals surface area contributed by atoms with Crippen molar-refractivity contribution in [2.24, 2.45) is 5.92 Å². The second kappa shape index (κ2) is 6.67. The maximum atomic E-state index is 12.2. The number of aliphatic hydroxyl groups excluding tert-OH is 1. The quantitative estimate of drug-likeness (QED) is 0.657. The van der Waals surface area contributed by atoms with E-state index in [1.54, 1.807) is 19.1 Å². The van der Waals surface area contributed by atoms with E-state index in [-0.39, 0.29) is 35.7 Å². The molecular weight excluding hydrogens is 272 g/mol. The van der Waals surface area contributed by atoms with Crippen LogP contribution in [0.5, 0.6) is 0 Å². The van der Waals surface area contributed by atoms with E-state index in [4.69, 9.17) is 0 Å². The van der Waals surface area contributed by atoms with E-state index in [9.17, 15) is 20.0 Å². The number of carbonyl (C=O) groups excluding carboxylic acids is 1. The average Bonchev–Trinajstić information content (AvgIpc) is 2.47. The van der Waals surface area contributed by atoms with Crippen molar-refractivity contribution in [1.29, 1.82) is 0 Å². The van der Waals surface area contributed by atoms with E-state index in [2.05, 4.69) is 5.32 Å². The number of nitro groups is 1. The Balaban J connectivity index is 2.13. The summed E-state index contributed by atoms with van der Waals surface area (Å²) in [6.45, 7) is 1.70. The number of hydrogen-bond donors (Lipinski definition) is 2. The second-order valence-corrected chi connectivity index (χ2v) is 5.57. The van der Waals surface area contributed by atoms with Gasteiger partial charge in [0.05, 0.1) is 4.92 Å². The van der Waals surface area contributed by atoms with Crippen LogP contribution in [0.1, 0.15) is 41.6 Å². The zero-order valence-electron chi connectivity index (χ0n) is 12.0. The Morgan fingerprint density at radius 2 is 2.14 bits per heavy atom. The van der Waals surface area contributed by atoms with Crippen molar-refractivity contribution >= 4 is 11.6 Å². The minimum atomic E-state index is -0.483. The molecule has 0 heterocycles. The van der Waals surface area contributed by atoms with Crippen LogP contribution in [0.25, 0.3) is 0 Å². The fourth-order valence-electron chi connectivity index (χ4n) is 2.82. The molecule has 6 heteroatoms. The highest BCUT2D eigenvalue weighted by atomic mass is 16.6. The number of aliphatic hydroxyl groups is 1. The van der Waals surface area contributed by atoms with Gasteiger partial charge >= 0.3 is 0 Å². The van der Waals surface area contributed by atoms with Gasteiger partial charge in [-0.15, -0.1) is 0 Å². The van der Waals surface area contributed by atoms with Crippen molar-refractivity contribution in [3.63, 3.8) is 0 Å². The molecule has 2 atom stereocenters. The predicted octanol–water partition coefficient (Wildman–Crippen LogP) is 2.18. The fraction of sp³-hybridized carbons (Fsp3) is 0.533. The number of hydrogen-bond acceptors (Lipinski definition) is 4. The molecule has 1 aliphatic carbocycles. The molecule has 21 heavy (non-hydrogen) atoms. The largest absolute Gasteiger partial charge is 0.396 e. The van der Waals surface area contributed by atoms with Gasteiger partial charge in [0, 0.05) is 35.8 Å². The van der Waals surface area contributed by atoms with Crippen LogP contribution < -0.4 is 5.32 Å². The molecule has 1 amide bonds. The van der Waals surface area contributed by atoms with E-state index in [1.807, 2.05) is 0 Å². The highest BCUT2D eigenvalue weighted by Crippen LogP contribution is 2.25. The standard InChI is InChI=1S/C15H20N2O4/c1-10-6-7-11(8-14(10)17(20)21)15(19)16-13-5-3-2-4-12(13)9-18/h6-8,12-13,18H,2-5,9H2,1H3,(H,16,19). The van der Waals surface area contributed by atoms with Crippen molar-refractivity contribution in [1.82, 2.24) is 5.32 Å². The van der Waals surface area contributed by atoms with Crippen LogP contribution in [0.3, 0.4) is 0 Å². The zero-order valence-corrected chi connectivity index (χ0v) is 12.0. The van der Waals surface area contributed by atoms with E-state index in [1.165, 1.54) is 6.07 Å². The highest BCUT2D eigenvalue weighted by molar-refractivity contribution is 5.95. The molecule has 2 unspecified atom stereocenters. The molecule has 6 nitrogen and oxygen atoms in total. The Kier molecular flexibility index (Phi) is 4.90. The van der Waals surface area contributed by atoms with E-state index < -0.39 is 4.92 Å². The van der Waals surface area contributed by atoms with Gasteiger partial charge in [0.1, 0.15) is 0 Å². The Hall–Kier alpha value is -1.95. The molecular formula is C15H20N2O4. The van der Waals surface area contributed by atoms with Gasteiger partial charge in [-0.25, -0.2) is 0 Å². The number of carbonyl (C=O) groups is 1. The summed E-state index contributed by atoms with van der Waals surface area (Å²) >= 11 is 0. The van der Waals surface area contributed by atoms with Gasteiger partial charge in [-0.05, 0) is 25.8 Å². The molecule has 1 fully saturated rings. The zero-order chi connectivity index (χ0) is 15.4. The van der Waals surface area contributed by atoms with E-state index in [0.717, 1.165) is 25.7 Å². The summed E-state index contributed by atoms with van der Waals surface area (Å²) in [5, 5.41) is 23.2. The number of benzene rings is 1. The minimum absolute atomic E-state index is 0.0509. The second-order valence-electron chi connectivity index (χ2n) is 5.57. The molecule has 1 aliphatic rings. The van der Waals surface area contributed by atoms with Crippen LogP contribution in [0.15, 0.2) is 18.2 Å². The van der Waals surface area contributed by atoms with Gasteiger partial charge in [-0.2, -0.15) is 0 Å². The number of aryl methyl sites for hydroxylation is 1. The third-order valence-corrected chi connectivity index (χ3v) is 4.13. The number of nitrogens with one attached hydrogen (secondary N) is 1. The summed E-state index contributed by atoms with van der Waals surface area (Å²) in [5.74, 6) is -0.244. The van der Waals surface area contributed by atoms with Crippen LogP contribution >= 0.6 is 0 Å². The van der Waals surface area contributed by atoms with Gasteiger partial charge in [0.15, 0.2) is 0 Å². The number of rotatable bonds is 4. The van der Waals surface area contributed by atoms with E-state index >= 15 is 0 Å². The third kappa shape index (κ3) is 3.58. The molecule has 0 aromatic heterocycles. The maximum absolute atomic E-state index is 12.2. The SMILES string of the molecule is Cc1ccc(C(=O)NC2CCCCC2CO)cc1[N+](=O)[O-]. The van der Waals surface area contributed by atoms with Gasteiger partial charge in [0.2, 0.25) is 0 Å². The summed E-state index contributed by atoms with van der Waals surface area (Å²) in [6.07, 6.45) is 3.82. The molecule has 0 bridgehead atoms. The van der Waals surface area contributed by atoms with Gasteiger partial charge < -0.3 is 10.4 Å². The first-order valence-electron chi connectivity index (χ1n) is 7.19. The van der Waals surface area contributed by atoms with Gasteiger partial charge in [0.25, 0.3) is 11.6 Å². The average molecular weight is 292 g/mol. The van der Waals surface area contributed by atoms with Crippen LogP contribution in [0.4, 0.5) is 5.69 Å². The normalized spacial score (nSPS) is 21.8. The Morgan fingerprint density at radius 1 is 1.43 bits per heavy atom.